The summed E-state index contributed by atoms with van der Waals surface area (Å²) in [4.78, 5) is 16.5. The highest BCUT2D eigenvalue weighted by atomic mass is 16.5. The minimum absolute atomic E-state index is 0.119. The van der Waals surface area contributed by atoms with Gasteiger partial charge in [-0.25, -0.2) is 9.78 Å². The van der Waals surface area contributed by atoms with Crippen LogP contribution in [0.3, 0.4) is 0 Å². The highest BCUT2D eigenvalue weighted by Gasteiger charge is 2.21. The molecule has 2 heterocycles. The Kier molecular flexibility index (Phi) is 4.24. The second kappa shape index (κ2) is 6.49. The fourth-order valence-electron chi connectivity index (χ4n) is 2.29. The number of aromatic hydroxyl groups is 1. The third kappa shape index (κ3) is 2.96. The molecule has 0 amide bonds. The van der Waals surface area contributed by atoms with Crippen molar-refractivity contribution in [1.29, 1.82) is 0 Å². The van der Waals surface area contributed by atoms with Crippen molar-refractivity contribution in [3.05, 3.63) is 53.9 Å². The molecule has 1 N–H and O–H groups in total. The number of aryl methyl sites for hydroxylation is 1. The number of phenols is 1. The van der Waals surface area contributed by atoms with E-state index >= 15 is 0 Å². The molecule has 122 valence electrons. The standard InChI is InChI=1S/C17H16N4O3/c1-3-24-17(23)15-16(20-19-12-7-9-13(22)10-8-12)21-11(2)5-4-6-14(21)18-15/h4-10,22H,3H2,1-2H3. The number of pyridine rings is 1. The molecule has 0 atom stereocenters. The van der Waals surface area contributed by atoms with E-state index in [1.54, 1.807) is 29.5 Å². The Hall–Kier alpha value is -3.22. The maximum Gasteiger partial charge on any atom is 0.360 e. The number of fused-ring (bicyclic) bond motifs is 1. The SMILES string of the molecule is CCOC(=O)c1nc2cccc(C)n2c1N=Nc1ccc(O)cc1. The monoisotopic (exact) mass is 324 g/mol. The van der Waals surface area contributed by atoms with Crippen LogP contribution in [0, 0.1) is 6.92 Å². The molecular weight excluding hydrogens is 308 g/mol. The van der Waals surface area contributed by atoms with Crippen molar-refractivity contribution in [2.75, 3.05) is 6.61 Å². The van der Waals surface area contributed by atoms with Gasteiger partial charge in [0.05, 0.1) is 12.3 Å². The summed E-state index contributed by atoms with van der Waals surface area (Å²) in [6.45, 7) is 3.88. The molecular formula is C17H16N4O3. The smallest absolute Gasteiger partial charge is 0.360 e. The third-order valence-corrected chi connectivity index (χ3v) is 3.39. The lowest BCUT2D eigenvalue weighted by Gasteiger charge is -2.02. The summed E-state index contributed by atoms with van der Waals surface area (Å²) >= 11 is 0. The van der Waals surface area contributed by atoms with Gasteiger partial charge in [0.15, 0.2) is 11.5 Å². The molecule has 0 bridgehead atoms. The van der Waals surface area contributed by atoms with Gasteiger partial charge in [0.25, 0.3) is 0 Å². The third-order valence-electron chi connectivity index (χ3n) is 3.39. The first kappa shape index (κ1) is 15.7. The number of hydrogen-bond donors (Lipinski definition) is 1. The number of imidazole rings is 1. The maximum absolute atomic E-state index is 12.2. The Morgan fingerprint density at radius 1 is 1.21 bits per heavy atom. The number of azo groups is 1. The fourth-order valence-corrected chi connectivity index (χ4v) is 2.29. The quantitative estimate of drug-likeness (QED) is 0.581. The average Bonchev–Trinajstić information content (AvgIpc) is 2.95. The highest BCUT2D eigenvalue weighted by Crippen LogP contribution is 2.27. The number of ether oxygens (including phenoxy) is 1. The summed E-state index contributed by atoms with van der Waals surface area (Å²) < 4.78 is 6.80. The van der Waals surface area contributed by atoms with Gasteiger partial charge in [-0.2, -0.15) is 0 Å². The van der Waals surface area contributed by atoms with Gasteiger partial charge >= 0.3 is 5.97 Å². The number of esters is 1. The second-order valence-corrected chi connectivity index (χ2v) is 5.08. The molecule has 7 heteroatoms. The molecule has 2 aromatic heterocycles. The van der Waals surface area contributed by atoms with Gasteiger partial charge < -0.3 is 9.84 Å². The Morgan fingerprint density at radius 3 is 2.67 bits per heavy atom. The first-order chi connectivity index (χ1) is 11.6. The number of phenolic OH excluding ortho intramolecular Hbond substituents is 1. The van der Waals surface area contributed by atoms with Gasteiger partial charge in [0, 0.05) is 5.69 Å². The van der Waals surface area contributed by atoms with E-state index in [1.807, 2.05) is 19.1 Å². The molecule has 3 rings (SSSR count). The number of rotatable bonds is 4. The molecule has 7 nitrogen and oxygen atoms in total. The number of hydrogen-bond acceptors (Lipinski definition) is 6. The van der Waals surface area contributed by atoms with Crippen LogP contribution in [0.1, 0.15) is 23.1 Å². The summed E-state index contributed by atoms with van der Waals surface area (Å²) in [5.41, 5.74) is 2.13. The summed E-state index contributed by atoms with van der Waals surface area (Å²) in [5, 5.41) is 17.6. The van der Waals surface area contributed by atoms with Crippen molar-refractivity contribution in [2.24, 2.45) is 10.2 Å². The van der Waals surface area contributed by atoms with E-state index in [0.717, 1.165) is 5.69 Å². The van der Waals surface area contributed by atoms with E-state index in [1.165, 1.54) is 12.1 Å². The summed E-state index contributed by atoms with van der Waals surface area (Å²) in [6, 6.07) is 11.8. The maximum atomic E-state index is 12.2. The number of carbonyl (C=O) groups is 1. The number of carbonyl (C=O) groups excluding carboxylic acids is 1. The molecule has 0 saturated heterocycles. The fraction of sp³-hybridized carbons (Fsp3) is 0.176. The lowest BCUT2D eigenvalue weighted by atomic mass is 10.3. The molecule has 1 aromatic carbocycles. The van der Waals surface area contributed by atoms with Gasteiger partial charge in [0.2, 0.25) is 0 Å². The Morgan fingerprint density at radius 2 is 1.96 bits per heavy atom. The summed E-state index contributed by atoms with van der Waals surface area (Å²) in [5.74, 6) is -0.0818. The van der Waals surface area contributed by atoms with E-state index in [4.69, 9.17) is 4.74 Å². The average molecular weight is 324 g/mol. The minimum atomic E-state index is -0.541. The van der Waals surface area contributed by atoms with Crippen LogP contribution in [0.4, 0.5) is 11.5 Å². The van der Waals surface area contributed by atoms with Crippen LogP contribution in [-0.4, -0.2) is 27.1 Å². The minimum Gasteiger partial charge on any atom is -0.508 e. The van der Waals surface area contributed by atoms with Gasteiger partial charge in [0.1, 0.15) is 11.4 Å². The zero-order valence-electron chi connectivity index (χ0n) is 13.3. The molecule has 0 aliphatic heterocycles. The first-order valence-corrected chi connectivity index (χ1v) is 7.46. The molecule has 0 fully saturated rings. The van der Waals surface area contributed by atoms with Crippen molar-refractivity contribution in [3.63, 3.8) is 0 Å². The lowest BCUT2D eigenvalue weighted by molar-refractivity contribution is 0.0521. The van der Waals surface area contributed by atoms with Gasteiger partial charge in [-0.3, -0.25) is 4.40 Å². The Labute approximate surface area is 138 Å². The summed E-state index contributed by atoms with van der Waals surface area (Å²) in [6.07, 6.45) is 0. The Balaban J connectivity index is 2.11. The zero-order chi connectivity index (χ0) is 17.1. The predicted octanol–water partition coefficient (Wildman–Crippen LogP) is 3.94. The number of benzene rings is 1. The zero-order valence-corrected chi connectivity index (χ0v) is 13.3. The van der Waals surface area contributed by atoms with Crippen LogP contribution >= 0.6 is 0 Å². The van der Waals surface area contributed by atoms with E-state index in [2.05, 4.69) is 15.2 Å². The molecule has 0 radical (unpaired) electrons. The highest BCUT2D eigenvalue weighted by molar-refractivity contribution is 5.93. The number of aromatic nitrogens is 2. The molecule has 0 spiro atoms. The molecule has 3 aromatic rings. The van der Waals surface area contributed by atoms with E-state index in [-0.39, 0.29) is 18.1 Å². The van der Waals surface area contributed by atoms with Gasteiger partial charge in [-0.15, -0.1) is 10.2 Å². The van der Waals surface area contributed by atoms with E-state index in [0.29, 0.717) is 17.2 Å². The first-order valence-electron chi connectivity index (χ1n) is 7.46. The predicted molar refractivity (Wildman–Crippen MR) is 88.2 cm³/mol. The summed E-state index contributed by atoms with van der Waals surface area (Å²) in [7, 11) is 0. The largest absolute Gasteiger partial charge is 0.508 e. The number of nitrogens with zero attached hydrogens (tertiary/aromatic N) is 4. The van der Waals surface area contributed by atoms with Crippen LogP contribution in [0.2, 0.25) is 0 Å². The molecule has 0 aliphatic carbocycles. The molecule has 0 aliphatic rings. The molecule has 0 unspecified atom stereocenters. The normalized spacial score (nSPS) is 11.2. The van der Waals surface area contributed by atoms with E-state index in [9.17, 15) is 9.90 Å². The van der Waals surface area contributed by atoms with Crippen molar-refractivity contribution >= 4 is 23.1 Å². The van der Waals surface area contributed by atoms with Crippen LogP contribution in [0.5, 0.6) is 5.75 Å². The van der Waals surface area contributed by atoms with Crippen molar-refractivity contribution in [1.82, 2.24) is 9.38 Å². The molecule has 24 heavy (non-hydrogen) atoms. The lowest BCUT2D eigenvalue weighted by Crippen LogP contribution is -2.05. The van der Waals surface area contributed by atoms with Gasteiger partial charge in [-0.1, -0.05) is 6.07 Å². The van der Waals surface area contributed by atoms with Gasteiger partial charge in [-0.05, 0) is 50.2 Å². The van der Waals surface area contributed by atoms with Crippen molar-refractivity contribution in [2.45, 2.75) is 13.8 Å². The Bertz CT molecular complexity index is 913. The topological polar surface area (TPSA) is 88.5 Å². The van der Waals surface area contributed by atoms with E-state index < -0.39 is 5.97 Å². The molecule has 0 saturated carbocycles. The van der Waals surface area contributed by atoms with Crippen LogP contribution < -0.4 is 0 Å². The van der Waals surface area contributed by atoms with Crippen LogP contribution in [-0.2, 0) is 4.74 Å². The van der Waals surface area contributed by atoms with Crippen LogP contribution in [0.25, 0.3) is 5.65 Å². The van der Waals surface area contributed by atoms with Crippen molar-refractivity contribution in [3.8, 4) is 5.75 Å². The second-order valence-electron chi connectivity index (χ2n) is 5.08. The van der Waals surface area contributed by atoms with Crippen LogP contribution in [0.15, 0.2) is 52.7 Å². The van der Waals surface area contributed by atoms with Crippen molar-refractivity contribution < 1.29 is 14.6 Å².